The van der Waals surface area contributed by atoms with Crippen molar-refractivity contribution < 1.29 is 19.1 Å². The van der Waals surface area contributed by atoms with Crippen molar-refractivity contribution in [2.45, 2.75) is 39.0 Å². The zero-order valence-corrected chi connectivity index (χ0v) is 17.0. The molecule has 0 saturated heterocycles. The van der Waals surface area contributed by atoms with Crippen molar-refractivity contribution in [3.8, 4) is 0 Å². The van der Waals surface area contributed by atoms with E-state index in [0.717, 1.165) is 17.0 Å². The standard InChI is InChI=1S/C17H20N4O4S2/c1-8(2)25-16(24)12-10(4)13(14(18)23)27-15(12)21-11(22)7-26-17-19-6-5-9(3)20-17/h5-6,8H,7H2,1-4H3,(H2,18,23)(H,21,22). The number of aromatic nitrogens is 2. The highest BCUT2D eigenvalue weighted by Crippen LogP contribution is 2.34. The fraction of sp³-hybridized carbons (Fsp3) is 0.353. The molecule has 2 heterocycles. The molecule has 144 valence electrons. The molecule has 10 heteroatoms. The van der Waals surface area contributed by atoms with Crippen molar-refractivity contribution in [2.24, 2.45) is 5.73 Å². The van der Waals surface area contributed by atoms with E-state index in [-0.39, 0.29) is 33.2 Å². The minimum Gasteiger partial charge on any atom is -0.459 e. The molecule has 0 unspecified atom stereocenters. The molecular formula is C17H20N4O4S2. The van der Waals surface area contributed by atoms with Crippen molar-refractivity contribution in [2.75, 3.05) is 11.1 Å². The summed E-state index contributed by atoms with van der Waals surface area (Å²) in [6, 6.07) is 1.76. The van der Waals surface area contributed by atoms with Crippen LogP contribution in [-0.4, -0.2) is 39.6 Å². The van der Waals surface area contributed by atoms with Gasteiger partial charge in [0.2, 0.25) is 5.91 Å². The maximum Gasteiger partial charge on any atom is 0.341 e. The van der Waals surface area contributed by atoms with Gasteiger partial charge in [0.15, 0.2) is 5.16 Å². The number of thioether (sulfide) groups is 1. The molecule has 2 rings (SSSR count). The Morgan fingerprint density at radius 2 is 2.04 bits per heavy atom. The third-order valence-electron chi connectivity index (χ3n) is 3.28. The second-order valence-electron chi connectivity index (χ2n) is 5.90. The molecule has 0 bridgehead atoms. The summed E-state index contributed by atoms with van der Waals surface area (Å²) in [4.78, 5) is 44.8. The fourth-order valence-electron chi connectivity index (χ4n) is 2.14. The number of anilines is 1. The number of aryl methyl sites for hydroxylation is 1. The predicted octanol–water partition coefficient (Wildman–Crippen LogP) is 2.55. The maximum atomic E-state index is 12.4. The monoisotopic (exact) mass is 408 g/mol. The summed E-state index contributed by atoms with van der Waals surface area (Å²) in [6.07, 6.45) is 1.27. The van der Waals surface area contributed by atoms with Crippen LogP contribution >= 0.6 is 23.1 Å². The van der Waals surface area contributed by atoms with Crippen molar-refractivity contribution >= 4 is 45.9 Å². The lowest BCUT2D eigenvalue weighted by atomic mass is 10.1. The lowest BCUT2D eigenvalue weighted by molar-refractivity contribution is -0.113. The Labute approximate surface area is 164 Å². The normalized spacial score (nSPS) is 10.7. The quantitative estimate of drug-likeness (QED) is 0.410. The van der Waals surface area contributed by atoms with Crippen molar-refractivity contribution in [3.63, 3.8) is 0 Å². The molecular weight excluding hydrogens is 388 g/mol. The number of carbonyl (C=O) groups is 3. The molecule has 0 aliphatic heterocycles. The van der Waals surface area contributed by atoms with Crippen LogP contribution in [-0.2, 0) is 9.53 Å². The second kappa shape index (κ2) is 8.96. The zero-order valence-electron chi connectivity index (χ0n) is 15.4. The molecule has 2 aromatic heterocycles. The highest BCUT2D eigenvalue weighted by molar-refractivity contribution is 7.99. The lowest BCUT2D eigenvalue weighted by Crippen LogP contribution is -2.18. The Hall–Kier alpha value is -2.46. The summed E-state index contributed by atoms with van der Waals surface area (Å²) in [5.41, 5.74) is 6.70. The van der Waals surface area contributed by atoms with Crippen LogP contribution < -0.4 is 11.1 Å². The molecule has 0 aliphatic rings. The van der Waals surface area contributed by atoms with Gasteiger partial charge >= 0.3 is 5.97 Å². The number of nitrogens with zero attached hydrogens (tertiary/aromatic N) is 2. The number of hydrogen-bond acceptors (Lipinski definition) is 8. The Kier molecular flexibility index (Phi) is 6.92. The minimum absolute atomic E-state index is 0.0466. The van der Waals surface area contributed by atoms with Gasteiger partial charge in [0, 0.05) is 11.9 Å². The van der Waals surface area contributed by atoms with Gasteiger partial charge in [-0.3, -0.25) is 9.59 Å². The van der Waals surface area contributed by atoms with Gasteiger partial charge in [-0.05, 0) is 39.3 Å². The number of carbonyl (C=O) groups excluding carboxylic acids is 3. The number of nitrogens with one attached hydrogen (secondary N) is 1. The van der Waals surface area contributed by atoms with E-state index in [1.54, 1.807) is 33.0 Å². The van der Waals surface area contributed by atoms with Gasteiger partial charge in [-0.2, -0.15) is 0 Å². The Morgan fingerprint density at radius 3 is 2.63 bits per heavy atom. The van der Waals surface area contributed by atoms with Crippen LogP contribution in [0.4, 0.5) is 5.00 Å². The predicted molar refractivity (Wildman–Crippen MR) is 104 cm³/mol. The van der Waals surface area contributed by atoms with Crippen molar-refractivity contribution in [1.82, 2.24) is 9.97 Å². The lowest BCUT2D eigenvalue weighted by Gasteiger charge is -2.10. The molecule has 0 spiro atoms. The molecule has 3 N–H and O–H groups in total. The average Bonchev–Trinajstić information content (AvgIpc) is 2.89. The Morgan fingerprint density at radius 1 is 1.33 bits per heavy atom. The SMILES string of the molecule is Cc1ccnc(SCC(=O)Nc2sc(C(N)=O)c(C)c2C(=O)OC(C)C)n1. The zero-order chi connectivity index (χ0) is 20.1. The highest BCUT2D eigenvalue weighted by Gasteiger charge is 2.26. The van der Waals surface area contributed by atoms with E-state index in [1.165, 1.54) is 11.8 Å². The van der Waals surface area contributed by atoms with Gasteiger partial charge < -0.3 is 15.8 Å². The maximum absolute atomic E-state index is 12.4. The first-order valence-corrected chi connectivity index (χ1v) is 9.85. The summed E-state index contributed by atoms with van der Waals surface area (Å²) < 4.78 is 5.21. The fourth-order valence-corrected chi connectivity index (χ4v) is 3.88. The number of nitrogens with two attached hydrogens (primary N) is 1. The van der Waals surface area contributed by atoms with Crippen LogP contribution in [0.2, 0.25) is 0 Å². The summed E-state index contributed by atoms with van der Waals surface area (Å²) in [7, 11) is 0. The Balaban J connectivity index is 2.18. The van der Waals surface area contributed by atoms with Gasteiger partial charge in [-0.25, -0.2) is 14.8 Å². The van der Waals surface area contributed by atoms with Crippen LogP contribution in [0.25, 0.3) is 0 Å². The number of esters is 1. The number of rotatable bonds is 7. The van der Waals surface area contributed by atoms with Gasteiger partial charge in [0.25, 0.3) is 5.91 Å². The highest BCUT2D eigenvalue weighted by atomic mass is 32.2. The molecule has 0 radical (unpaired) electrons. The third-order valence-corrected chi connectivity index (χ3v) is 5.36. The molecule has 0 saturated carbocycles. The molecule has 0 fully saturated rings. The van der Waals surface area contributed by atoms with Crippen LogP contribution in [0.15, 0.2) is 17.4 Å². The van der Waals surface area contributed by atoms with E-state index >= 15 is 0 Å². The van der Waals surface area contributed by atoms with Crippen LogP contribution in [0.1, 0.15) is 45.1 Å². The van der Waals surface area contributed by atoms with E-state index < -0.39 is 11.9 Å². The van der Waals surface area contributed by atoms with Gasteiger partial charge in [0.1, 0.15) is 5.00 Å². The number of thiophene rings is 1. The average molecular weight is 409 g/mol. The second-order valence-corrected chi connectivity index (χ2v) is 7.86. The molecule has 0 aliphatic carbocycles. The van der Waals surface area contributed by atoms with Crippen LogP contribution in [0, 0.1) is 13.8 Å². The largest absolute Gasteiger partial charge is 0.459 e. The number of primary amides is 1. The van der Waals surface area contributed by atoms with Crippen molar-refractivity contribution in [3.05, 3.63) is 34.0 Å². The molecule has 2 amide bonds. The summed E-state index contributed by atoms with van der Waals surface area (Å²) in [5, 5.41) is 3.38. The number of amides is 2. The molecule has 2 aromatic rings. The van der Waals surface area contributed by atoms with E-state index in [9.17, 15) is 14.4 Å². The first-order valence-electron chi connectivity index (χ1n) is 8.05. The van der Waals surface area contributed by atoms with Gasteiger partial charge in [-0.15, -0.1) is 11.3 Å². The van der Waals surface area contributed by atoms with E-state index in [4.69, 9.17) is 10.5 Å². The van der Waals surface area contributed by atoms with Crippen LogP contribution in [0.3, 0.4) is 0 Å². The Bertz CT molecular complexity index is 880. The third kappa shape index (κ3) is 5.51. The number of ether oxygens (including phenoxy) is 1. The number of hydrogen-bond donors (Lipinski definition) is 2. The summed E-state index contributed by atoms with van der Waals surface area (Å²) >= 11 is 2.12. The summed E-state index contributed by atoms with van der Waals surface area (Å²) in [5.74, 6) is -1.60. The molecule has 27 heavy (non-hydrogen) atoms. The first kappa shape index (κ1) is 20.8. The van der Waals surface area contributed by atoms with Crippen LogP contribution in [0.5, 0.6) is 0 Å². The van der Waals surface area contributed by atoms with Gasteiger partial charge in [0.05, 0.1) is 22.3 Å². The summed E-state index contributed by atoms with van der Waals surface area (Å²) in [6.45, 7) is 6.85. The molecule has 8 nitrogen and oxygen atoms in total. The topological polar surface area (TPSA) is 124 Å². The van der Waals surface area contributed by atoms with Crippen molar-refractivity contribution in [1.29, 1.82) is 0 Å². The van der Waals surface area contributed by atoms with E-state index in [2.05, 4.69) is 15.3 Å². The first-order chi connectivity index (χ1) is 12.7. The molecule has 0 aromatic carbocycles. The minimum atomic E-state index is -0.667. The molecule has 0 atom stereocenters. The van der Waals surface area contributed by atoms with E-state index in [0.29, 0.717) is 10.7 Å². The van der Waals surface area contributed by atoms with E-state index in [1.807, 2.05) is 6.92 Å². The smallest absolute Gasteiger partial charge is 0.341 e. The van der Waals surface area contributed by atoms with Gasteiger partial charge in [-0.1, -0.05) is 11.8 Å².